The molecule has 0 unspecified atom stereocenters. The number of benzene rings is 3. The lowest BCUT2D eigenvalue weighted by atomic mass is 9.48. The number of fused-ring (bicyclic) bond motifs is 3. The Labute approximate surface area is 178 Å². The fourth-order valence-corrected chi connectivity index (χ4v) is 7.72. The van der Waals surface area contributed by atoms with Crippen LogP contribution in [0.25, 0.3) is 33.1 Å². The van der Waals surface area contributed by atoms with Crippen LogP contribution in [-0.2, 0) is 5.41 Å². The van der Waals surface area contributed by atoms with E-state index in [4.69, 9.17) is 4.42 Å². The smallest absolute Gasteiger partial charge is 0.143 e. The summed E-state index contributed by atoms with van der Waals surface area (Å²) in [5, 5.41) is 2.48. The Morgan fingerprint density at radius 1 is 0.767 bits per heavy atom. The summed E-state index contributed by atoms with van der Waals surface area (Å²) < 4.78 is 6.35. The fourth-order valence-electron chi connectivity index (χ4n) is 7.72. The van der Waals surface area contributed by atoms with Crippen molar-refractivity contribution in [1.29, 1.82) is 0 Å². The topological polar surface area (TPSA) is 13.1 Å². The van der Waals surface area contributed by atoms with Crippen LogP contribution in [0.4, 0.5) is 0 Å². The van der Waals surface area contributed by atoms with E-state index in [1.54, 1.807) is 5.56 Å². The molecule has 4 aliphatic carbocycles. The predicted molar refractivity (Wildman–Crippen MR) is 124 cm³/mol. The summed E-state index contributed by atoms with van der Waals surface area (Å²) in [4.78, 5) is 0. The molecule has 0 radical (unpaired) electrons. The molecule has 4 aliphatic rings. The lowest BCUT2D eigenvalue weighted by Gasteiger charge is -2.57. The summed E-state index contributed by atoms with van der Waals surface area (Å²) >= 11 is 0. The second-order valence-corrected chi connectivity index (χ2v) is 10.5. The highest BCUT2D eigenvalue weighted by Gasteiger charge is 2.51. The van der Waals surface area contributed by atoms with E-state index >= 15 is 0 Å². The van der Waals surface area contributed by atoms with E-state index in [2.05, 4.69) is 67.6 Å². The van der Waals surface area contributed by atoms with Crippen molar-refractivity contribution in [3.8, 4) is 11.1 Å². The molecule has 0 N–H and O–H groups in total. The molecule has 0 aliphatic heterocycles. The first-order valence-corrected chi connectivity index (χ1v) is 11.7. The van der Waals surface area contributed by atoms with Crippen molar-refractivity contribution in [2.45, 2.75) is 50.9 Å². The molecule has 4 bridgehead atoms. The molecule has 3 aromatic carbocycles. The highest BCUT2D eigenvalue weighted by atomic mass is 16.3. The molecule has 4 saturated carbocycles. The second kappa shape index (κ2) is 6.00. The summed E-state index contributed by atoms with van der Waals surface area (Å²) in [5.41, 5.74) is 7.83. The number of para-hydroxylation sites is 1. The van der Waals surface area contributed by atoms with Gasteiger partial charge in [0, 0.05) is 16.3 Å². The van der Waals surface area contributed by atoms with E-state index in [0.29, 0.717) is 5.41 Å². The van der Waals surface area contributed by atoms with Gasteiger partial charge in [-0.2, -0.15) is 0 Å². The van der Waals surface area contributed by atoms with E-state index in [-0.39, 0.29) is 0 Å². The molecule has 8 rings (SSSR count). The highest BCUT2D eigenvalue weighted by Crippen LogP contribution is 2.60. The van der Waals surface area contributed by atoms with Gasteiger partial charge in [0.2, 0.25) is 0 Å². The normalized spacial score (nSPS) is 29.8. The van der Waals surface area contributed by atoms with Gasteiger partial charge in [0.1, 0.15) is 11.2 Å². The van der Waals surface area contributed by atoms with E-state index in [9.17, 15) is 0 Å². The summed E-state index contributed by atoms with van der Waals surface area (Å²) in [6.45, 7) is 2.17. The average Bonchev–Trinajstić information content (AvgIpc) is 3.13. The van der Waals surface area contributed by atoms with Crippen molar-refractivity contribution >= 4 is 21.9 Å². The Balaban J connectivity index is 1.32. The van der Waals surface area contributed by atoms with Gasteiger partial charge in [-0.25, -0.2) is 0 Å². The minimum atomic E-state index is 0.468. The molecule has 1 heterocycles. The first-order chi connectivity index (χ1) is 14.7. The van der Waals surface area contributed by atoms with Crippen molar-refractivity contribution < 1.29 is 4.42 Å². The quantitative estimate of drug-likeness (QED) is 0.336. The molecule has 0 atom stereocenters. The largest absolute Gasteiger partial charge is 0.455 e. The van der Waals surface area contributed by atoms with E-state index in [0.717, 1.165) is 28.9 Å². The minimum Gasteiger partial charge on any atom is -0.455 e. The van der Waals surface area contributed by atoms with Gasteiger partial charge in [-0.1, -0.05) is 54.6 Å². The molecule has 4 aromatic rings. The number of aryl methyl sites for hydroxylation is 1. The lowest BCUT2D eigenvalue weighted by Crippen LogP contribution is -2.48. The molecular formula is C29H28O. The van der Waals surface area contributed by atoms with E-state index in [1.807, 2.05) is 0 Å². The van der Waals surface area contributed by atoms with Crippen LogP contribution >= 0.6 is 0 Å². The van der Waals surface area contributed by atoms with Crippen LogP contribution in [0.5, 0.6) is 0 Å². The first kappa shape index (κ1) is 17.2. The van der Waals surface area contributed by atoms with Crippen LogP contribution in [0.3, 0.4) is 0 Å². The SMILES string of the molecule is Cc1cccc2oc3c(-c4ccc(C56CC7CC(CC(C7)C5)C6)cc4)cccc3c12. The maximum absolute atomic E-state index is 6.35. The summed E-state index contributed by atoms with van der Waals surface area (Å²) in [6.07, 6.45) is 8.80. The molecule has 30 heavy (non-hydrogen) atoms. The molecule has 1 heteroatoms. The van der Waals surface area contributed by atoms with Gasteiger partial charge in [-0.05, 0) is 91.4 Å². The van der Waals surface area contributed by atoms with Crippen molar-refractivity contribution in [2.24, 2.45) is 17.8 Å². The summed E-state index contributed by atoms with van der Waals surface area (Å²) in [5.74, 6) is 2.97. The Hall–Kier alpha value is -2.54. The van der Waals surface area contributed by atoms with Gasteiger partial charge in [0.25, 0.3) is 0 Å². The van der Waals surface area contributed by atoms with Crippen molar-refractivity contribution in [3.05, 3.63) is 71.8 Å². The standard InChI is InChI=1S/C29H28O/c1-18-4-2-7-26-27(18)25-6-3-5-24(28(25)30-26)22-8-10-23(11-9-22)29-15-19-12-20(16-29)14-21(13-19)17-29/h2-11,19-21H,12-17H2,1H3. The van der Waals surface area contributed by atoms with Gasteiger partial charge in [-0.15, -0.1) is 0 Å². The van der Waals surface area contributed by atoms with Crippen LogP contribution in [-0.4, -0.2) is 0 Å². The fraction of sp³-hybridized carbons (Fsp3) is 0.379. The van der Waals surface area contributed by atoms with Crippen molar-refractivity contribution in [3.63, 3.8) is 0 Å². The van der Waals surface area contributed by atoms with E-state index < -0.39 is 0 Å². The number of hydrogen-bond donors (Lipinski definition) is 0. The number of furan rings is 1. The third kappa shape index (κ3) is 2.35. The second-order valence-electron chi connectivity index (χ2n) is 10.5. The molecule has 150 valence electrons. The molecule has 0 amide bonds. The van der Waals surface area contributed by atoms with Gasteiger partial charge in [0.15, 0.2) is 0 Å². The zero-order valence-corrected chi connectivity index (χ0v) is 17.7. The van der Waals surface area contributed by atoms with Crippen LogP contribution in [0, 0.1) is 24.7 Å². The zero-order chi connectivity index (χ0) is 19.9. The van der Waals surface area contributed by atoms with Crippen molar-refractivity contribution in [1.82, 2.24) is 0 Å². The zero-order valence-electron chi connectivity index (χ0n) is 17.7. The Bertz CT molecular complexity index is 1240. The maximum atomic E-state index is 6.35. The van der Waals surface area contributed by atoms with Crippen molar-refractivity contribution in [2.75, 3.05) is 0 Å². The maximum Gasteiger partial charge on any atom is 0.143 e. The molecule has 1 nitrogen and oxygen atoms in total. The summed E-state index contributed by atoms with van der Waals surface area (Å²) in [6, 6.07) is 22.5. The minimum absolute atomic E-state index is 0.468. The van der Waals surface area contributed by atoms with Gasteiger partial charge < -0.3 is 4.42 Å². The number of hydrogen-bond acceptors (Lipinski definition) is 1. The van der Waals surface area contributed by atoms with Crippen LogP contribution < -0.4 is 0 Å². The highest BCUT2D eigenvalue weighted by molar-refractivity contribution is 6.10. The lowest BCUT2D eigenvalue weighted by molar-refractivity contribution is -0.00518. The van der Waals surface area contributed by atoms with E-state index in [1.165, 1.54) is 66.0 Å². The number of rotatable bonds is 2. The monoisotopic (exact) mass is 392 g/mol. The molecule has 0 saturated heterocycles. The third-order valence-electron chi connectivity index (χ3n) is 8.58. The molecule has 0 spiro atoms. The Kier molecular flexibility index (Phi) is 3.44. The Morgan fingerprint density at radius 2 is 1.43 bits per heavy atom. The van der Waals surface area contributed by atoms with Crippen LogP contribution in [0.2, 0.25) is 0 Å². The van der Waals surface area contributed by atoms with Crippen LogP contribution in [0.1, 0.15) is 49.7 Å². The van der Waals surface area contributed by atoms with Gasteiger partial charge >= 0.3 is 0 Å². The third-order valence-corrected chi connectivity index (χ3v) is 8.58. The molecule has 1 aromatic heterocycles. The predicted octanol–water partition coefficient (Wildman–Crippen LogP) is 8.03. The van der Waals surface area contributed by atoms with Gasteiger partial charge in [0.05, 0.1) is 0 Å². The first-order valence-electron chi connectivity index (χ1n) is 11.7. The Morgan fingerprint density at radius 3 is 2.13 bits per heavy atom. The summed E-state index contributed by atoms with van der Waals surface area (Å²) in [7, 11) is 0. The molecular weight excluding hydrogens is 364 g/mol. The average molecular weight is 393 g/mol. The van der Waals surface area contributed by atoms with Gasteiger partial charge in [-0.3, -0.25) is 0 Å². The molecule has 4 fully saturated rings. The van der Waals surface area contributed by atoms with Crippen LogP contribution in [0.15, 0.2) is 65.1 Å².